The van der Waals surface area contributed by atoms with Crippen molar-refractivity contribution in [3.8, 4) is 11.3 Å². The number of benzene rings is 1. The smallest absolute Gasteiger partial charge is 0.352 e. The van der Waals surface area contributed by atoms with E-state index in [2.05, 4.69) is 45.5 Å². The fourth-order valence-corrected chi connectivity index (χ4v) is 3.87. The highest BCUT2D eigenvalue weighted by Gasteiger charge is 2.30. The number of imidazole rings is 1. The summed E-state index contributed by atoms with van der Waals surface area (Å²) in [4.78, 5) is 31.1. The van der Waals surface area contributed by atoms with Crippen molar-refractivity contribution in [2.75, 3.05) is 6.61 Å². The molecule has 9 nitrogen and oxygen atoms in total. The fraction of sp³-hybridized carbons (Fsp3) is 0.421. The fourth-order valence-electron chi connectivity index (χ4n) is 3.51. The van der Waals surface area contributed by atoms with Crippen LogP contribution < -0.4 is 0 Å². The zero-order valence-corrected chi connectivity index (χ0v) is 17.1. The Morgan fingerprint density at radius 2 is 2.10 bits per heavy atom. The third kappa shape index (κ3) is 4.39. The number of ether oxygens (including phenoxy) is 1. The molecule has 0 spiro atoms. The Hall–Kier alpha value is -2.16. The Labute approximate surface area is 168 Å². The van der Waals surface area contributed by atoms with Gasteiger partial charge in [0.05, 0.1) is 19.0 Å². The number of rotatable bonds is 6. The summed E-state index contributed by atoms with van der Waals surface area (Å²) >= 11 is 0. The molecule has 2 atom stereocenters. The van der Waals surface area contributed by atoms with E-state index in [9.17, 15) is 4.57 Å². The number of hydrogen-bond donors (Lipinski definition) is 2. The molecular weight excluding hydrogens is 395 g/mol. The minimum Gasteiger partial charge on any atom is -0.352 e. The van der Waals surface area contributed by atoms with E-state index < -0.39 is 13.9 Å². The van der Waals surface area contributed by atoms with E-state index in [0.29, 0.717) is 29.9 Å². The Kier molecular flexibility index (Phi) is 5.50. The lowest BCUT2D eigenvalue weighted by Crippen LogP contribution is -2.16. The van der Waals surface area contributed by atoms with Crippen molar-refractivity contribution in [2.45, 2.75) is 44.9 Å². The summed E-state index contributed by atoms with van der Waals surface area (Å²) in [6.45, 7) is 4.14. The second kappa shape index (κ2) is 7.93. The van der Waals surface area contributed by atoms with Gasteiger partial charge in [-0.1, -0.05) is 32.0 Å². The lowest BCUT2D eigenvalue weighted by molar-refractivity contribution is -0.0205. The minimum absolute atomic E-state index is 0.157. The van der Waals surface area contributed by atoms with Crippen LogP contribution in [0.1, 0.15) is 44.4 Å². The van der Waals surface area contributed by atoms with E-state index in [-0.39, 0.29) is 12.8 Å². The topological polar surface area (TPSA) is 120 Å². The molecular formula is C19H23N4O5P. The lowest BCUT2D eigenvalue weighted by Gasteiger charge is -2.15. The molecule has 2 aromatic heterocycles. The molecule has 0 saturated carbocycles. The van der Waals surface area contributed by atoms with Gasteiger partial charge in [-0.05, 0) is 30.4 Å². The van der Waals surface area contributed by atoms with Gasteiger partial charge in [0.1, 0.15) is 23.8 Å². The van der Waals surface area contributed by atoms with Gasteiger partial charge in [0.2, 0.25) is 0 Å². The maximum absolute atomic E-state index is 10.9. The summed E-state index contributed by atoms with van der Waals surface area (Å²) in [6, 6.07) is 8.24. The third-order valence-corrected chi connectivity index (χ3v) is 5.49. The predicted molar refractivity (Wildman–Crippen MR) is 106 cm³/mol. The summed E-state index contributed by atoms with van der Waals surface area (Å²) in [5.74, 6) is 0.407. The first kappa shape index (κ1) is 20.1. The molecule has 0 amide bonds. The van der Waals surface area contributed by atoms with Crippen LogP contribution >= 0.6 is 7.82 Å². The average Bonchev–Trinajstić information content (AvgIpc) is 3.32. The van der Waals surface area contributed by atoms with Crippen LogP contribution in [0.4, 0.5) is 0 Å². The summed E-state index contributed by atoms with van der Waals surface area (Å²) < 4.78 is 23.2. The van der Waals surface area contributed by atoms with Crippen LogP contribution in [0.5, 0.6) is 0 Å². The lowest BCUT2D eigenvalue weighted by atomic mass is 9.99. The van der Waals surface area contributed by atoms with Crippen molar-refractivity contribution in [1.82, 2.24) is 19.5 Å². The maximum Gasteiger partial charge on any atom is 0.469 e. The van der Waals surface area contributed by atoms with E-state index >= 15 is 0 Å². The molecule has 1 aliphatic heterocycles. The van der Waals surface area contributed by atoms with Gasteiger partial charge < -0.3 is 14.5 Å². The Morgan fingerprint density at radius 1 is 1.28 bits per heavy atom. The van der Waals surface area contributed by atoms with Crippen LogP contribution in [0.15, 0.2) is 36.9 Å². The SMILES string of the molecule is CC(C)c1cccc(-c2ncnc3c2ncn3[C@H]2CC[C@@H](COP(=O)(O)O)O2)c1. The highest BCUT2D eigenvalue weighted by molar-refractivity contribution is 7.46. The summed E-state index contributed by atoms with van der Waals surface area (Å²) in [5.41, 5.74) is 4.31. The number of fused-ring (bicyclic) bond motifs is 1. The molecule has 1 fully saturated rings. The van der Waals surface area contributed by atoms with Crippen LogP contribution in [0.3, 0.4) is 0 Å². The molecule has 1 saturated heterocycles. The Morgan fingerprint density at radius 3 is 2.86 bits per heavy atom. The van der Waals surface area contributed by atoms with E-state index in [1.54, 1.807) is 6.33 Å². The van der Waals surface area contributed by atoms with Crippen LogP contribution in [-0.2, 0) is 13.8 Å². The highest BCUT2D eigenvalue weighted by Crippen LogP contribution is 2.38. The van der Waals surface area contributed by atoms with E-state index in [1.165, 1.54) is 11.9 Å². The summed E-state index contributed by atoms with van der Waals surface area (Å²) in [7, 11) is -4.51. The molecule has 10 heteroatoms. The molecule has 154 valence electrons. The minimum atomic E-state index is -4.51. The van der Waals surface area contributed by atoms with Crippen molar-refractivity contribution in [1.29, 1.82) is 0 Å². The molecule has 0 aliphatic carbocycles. The first-order valence-corrected chi connectivity index (χ1v) is 11.0. The quantitative estimate of drug-likeness (QED) is 0.585. The van der Waals surface area contributed by atoms with Gasteiger partial charge in [-0.15, -0.1) is 0 Å². The molecule has 1 aromatic carbocycles. The largest absolute Gasteiger partial charge is 0.469 e. The van der Waals surface area contributed by atoms with Crippen LogP contribution in [-0.4, -0.2) is 42.0 Å². The molecule has 29 heavy (non-hydrogen) atoms. The Bertz CT molecular complexity index is 1060. The van der Waals surface area contributed by atoms with E-state index in [4.69, 9.17) is 14.5 Å². The predicted octanol–water partition coefficient (Wildman–Crippen LogP) is 3.40. The van der Waals surface area contributed by atoms with Gasteiger partial charge in [0, 0.05) is 5.56 Å². The second-order valence-corrected chi connectivity index (χ2v) is 8.64. The molecule has 0 bridgehead atoms. The molecule has 0 radical (unpaired) electrons. The first-order chi connectivity index (χ1) is 13.8. The molecule has 3 aromatic rings. The zero-order valence-electron chi connectivity index (χ0n) is 16.2. The molecule has 3 heterocycles. The number of aromatic nitrogens is 4. The molecule has 0 unspecified atom stereocenters. The molecule has 2 N–H and O–H groups in total. The van der Waals surface area contributed by atoms with Crippen LogP contribution in [0, 0.1) is 0 Å². The molecule has 4 rings (SSSR count). The van der Waals surface area contributed by atoms with Gasteiger partial charge in [-0.25, -0.2) is 19.5 Å². The van der Waals surface area contributed by atoms with Gasteiger partial charge in [0.25, 0.3) is 0 Å². The number of nitrogens with zero attached hydrogens (tertiary/aromatic N) is 4. The van der Waals surface area contributed by atoms with Gasteiger partial charge in [0.15, 0.2) is 5.65 Å². The van der Waals surface area contributed by atoms with Crippen molar-refractivity contribution < 1.29 is 23.6 Å². The normalized spacial score (nSPS) is 20.0. The number of phosphoric acid groups is 1. The van der Waals surface area contributed by atoms with Crippen molar-refractivity contribution in [3.05, 3.63) is 42.5 Å². The van der Waals surface area contributed by atoms with Crippen molar-refractivity contribution >= 4 is 19.0 Å². The van der Waals surface area contributed by atoms with Crippen LogP contribution in [0.25, 0.3) is 22.4 Å². The van der Waals surface area contributed by atoms with E-state index in [0.717, 1.165) is 11.3 Å². The zero-order chi connectivity index (χ0) is 20.6. The van der Waals surface area contributed by atoms with Crippen LogP contribution in [0.2, 0.25) is 0 Å². The highest BCUT2D eigenvalue weighted by atomic mass is 31.2. The van der Waals surface area contributed by atoms with Gasteiger partial charge in [-0.2, -0.15) is 0 Å². The van der Waals surface area contributed by atoms with Gasteiger partial charge in [-0.3, -0.25) is 9.09 Å². The first-order valence-electron chi connectivity index (χ1n) is 9.45. The number of phosphoric ester groups is 1. The van der Waals surface area contributed by atoms with Crippen molar-refractivity contribution in [2.24, 2.45) is 0 Å². The monoisotopic (exact) mass is 418 g/mol. The standard InChI is InChI=1S/C19H23N4O5P/c1-12(2)13-4-3-5-14(8-13)17-18-19(21-10-20-17)23(11-22-18)16-7-6-15(28-16)9-27-29(24,25)26/h3-5,8,10-12,15-16H,6-7,9H2,1-2H3,(H2,24,25,26)/t15-,16+/m0/s1. The van der Waals surface area contributed by atoms with Gasteiger partial charge >= 0.3 is 7.82 Å². The average molecular weight is 418 g/mol. The molecule has 1 aliphatic rings. The summed E-state index contributed by atoms with van der Waals surface area (Å²) in [6.07, 6.45) is 3.76. The van der Waals surface area contributed by atoms with Crippen molar-refractivity contribution in [3.63, 3.8) is 0 Å². The number of hydrogen-bond acceptors (Lipinski definition) is 6. The third-order valence-electron chi connectivity index (χ3n) is 5.01. The maximum atomic E-state index is 10.9. The second-order valence-electron chi connectivity index (χ2n) is 7.40. The summed E-state index contributed by atoms with van der Waals surface area (Å²) in [5, 5.41) is 0. The Balaban J connectivity index is 1.60. The van der Waals surface area contributed by atoms with E-state index in [1.807, 2.05) is 16.7 Å².